The predicted octanol–water partition coefficient (Wildman–Crippen LogP) is 0.478. The lowest BCUT2D eigenvalue weighted by Crippen LogP contribution is -2.43. The van der Waals surface area contributed by atoms with E-state index in [2.05, 4.69) is 20.0 Å². The highest BCUT2D eigenvalue weighted by Gasteiger charge is 2.22. The normalized spacial score (nSPS) is 11.4. The number of rotatable bonds is 9. The van der Waals surface area contributed by atoms with Crippen LogP contribution in [0.3, 0.4) is 0 Å². The number of amides is 1. The Balaban J connectivity index is 1.99. The Bertz CT molecular complexity index is 916. The van der Waals surface area contributed by atoms with Gasteiger partial charge in [0.05, 0.1) is 32.1 Å². The molecule has 1 aromatic carbocycles. The third-order valence-electron chi connectivity index (χ3n) is 3.77. The van der Waals surface area contributed by atoms with Gasteiger partial charge in [-0.1, -0.05) is 42.1 Å². The van der Waals surface area contributed by atoms with Crippen molar-refractivity contribution in [1.82, 2.24) is 15.3 Å². The summed E-state index contributed by atoms with van der Waals surface area (Å²) in [6.45, 7) is 0. The lowest BCUT2D eigenvalue weighted by atomic mass is 10.1. The van der Waals surface area contributed by atoms with Crippen molar-refractivity contribution in [2.45, 2.75) is 24.0 Å². The number of carbonyl (C=O) groups excluding carboxylic acids is 3. The number of hydrogen-bond acceptors (Lipinski definition) is 8. The number of hydrogen-bond donors (Lipinski definition) is 2. The molecular weight excluding hydrogens is 398 g/mol. The van der Waals surface area contributed by atoms with E-state index in [1.54, 1.807) is 0 Å². The smallest absolute Gasteiger partial charge is 0.328 e. The molecule has 29 heavy (non-hydrogen) atoms. The second kappa shape index (κ2) is 11.0. The minimum absolute atomic E-state index is 0.0904. The van der Waals surface area contributed by atoms with Gasteiger partial charge in [-0.2, -0.15) is 0 Å². The second-order valence-corrected chi connectivity index (χ2v) is 6.88. The van der Waals surface area contributed by atoms with Crippen LogP contribution in [0.1, 0.15) is 11.3 Å². The molecule has 9 nitrogen and oxygen atoms in total. The van der Waals surface area contributed by atoms with Crippen LogP contribution in [0.15, 0.2) is 46.3 Å². The molecule has 154 valence electrons. The zero-order chi connectivity index (χ0) is 21.2. The summed E-state index contributed by atoms with van der Waals surface area (Å²) in [4.78, 5) is 54.0. The van der Waals surface area contributed by atoms with Gasteiger partial charge < -0.3 is 19.8 Å². The van der Waals surface area contributed by atoms with Crippen LogP contribution in [0.5, 0.6) is 0 Å². The Morgan fingerprint density at radius 2 is 1.90 bits per heavy atom. The summed E-state index contributed by atoms with van der Waals surface area (Å²) in [6, 6.07) is 9.57. The fourth-order valence-corrected chi connectivity index (χ4v) is 3.12. The maximum Gasteiger partial charge on any atom is 0.328 e. The summed E-state index contributed by atoms with van der Waals surface area (Å²) in [6.07, 6.45) is 0.134. The third kappa shape index (κ3) is 7.41. The van der Waals surface area contributed by atoms with Crippen molar-refractivity contribution in [1.29, 1.82) is 0 Å². The number of aromatic nitrogens is 2. The largest absolute Gasteiger partial charge is 0.469 e. The number of aromatic amines is 1. The summed E-state index contributed by atoms with van der Waals surface area (Å²) >= 11 is 0.976. The topological polar surface area (TPSA) is 127 Å². The minimum atomic E-state index is -0.840. The molecule has 0 saturated heterocycles. The molecule has 2 rings (SSSR count). The minimum Gasteiger partial charge on any atom is -0.469 e. The number of ether oxygens (including phenoxy) is 2. The monoisotopic (exact) mass is 419 g/mol. The summed E-state index contributed by atoms with van der Waals surface area (Å²) in [5.74, 6) is -1.60. The van der Waals surface area contributed by atoms with E-state index < -0.39 is 29.4 Å². The van der Waals surface area contributed by atoms with E-state index in [0.717, 1.165) is 17.3 Å². The van der Waals surface area contributed by atoms with Crippen LogP contribution in [0.2, 0.25) is 0 Å². The van der Waals surface area contributed by atoms with E-state index in [9.17, 15) is 19.2 Å². The molecule has 1 amide bonds. The Morgan fingerprint density at radius 1 is 1.17 bits per heavy atom. The van der Waals surface area contributed by atoms with E-state index >= 15 is 0 Å². The molecule has 2 N–H and O–H groups in total. The number of carbonyl (C=O) groups is 3. The summed E-state index contributed by atoms with van der Waals surface area (Å²) < 4.78 is 9.31. The number of nitrogens with one attached hydrogen (secondary N) is 2. The second-order valence-electron chi connectivity index (χ2n) is 5.92. The van der Waals surface area contributed by atoms with Crippen molar-refractivity contribution in [3.63, 3.8) is 0 Å². The molecule has 0 unspecified atom stereocenters. The van der Waals surface area contributed by atoms with Crippen LogP contribution in [0, 0.1) is 0 Å². The molecule has 1 aromatic heterocycles. The molecular formula is C19H21N3O6S. The molecule has 0 saturated carbocycles. The van der Waals surface area contributed by atoms with E-state index in [4.69, 9.17) is 4.74 Å². The Hall–Kier alpha value is -3.14. The quantitative estimate of drug-likeness (QED) is 0.341. The van der Waals surface area contributed by atoms with E-state index in [1.807, 2.05) is 30.3 Å². The van der Waals surface area contributed by atoms with Crippen LogP contribution >= 0.6 is 11.8 Å². The number of H-pyrrole nitrogens is 1. The molecule has 10 heteroatoms. The Morgan fingerprint density at radius 3 is 2.55 bits per heavy atom. The first-order valence-corrected chi connectivity index (χ1v) is 9.60. The highest BCUT2D eigenvalue weighted by molar-refractivity contribution is 7.99. The zero-order valence-electron chi connectivity index (χ0n) is 16.0. The molecule has 0 spiro atoms. The van der Waals surface area contributed by atoms with Crippen LogP contribution < -0.4 is 10.9 Å². The predicted molar refractivity (Wildman–Crippen MR) is 105 cm³/mol. The van der Waals surface area contributed by atoms with Crippen LogP contribution in [-0.2, 0) is 36.7 Å². The Labute approximate surface area is 171 Å². The van der Waals surface area contributed by atoms with Gasteiger partial charge in [-0.05, 0) is 5.56 Å². The average molecular weight is 419 g/mol. The van der Waals surface area contributed by atoms with Gasteiger partial charge in [-0.3, -0.25) is 14.4 Å². The third-order valence-corrected chi connectivity index (χ3v) is 4.64. The van der Waals surface area contributed by atoms with Crippen molar-refractivity contribution in [3.8, 4) is 0 Å². The van der Waals surface area contributed by atoms with Gasteiger partial charge in [0.1, 0.15) is 6.04 Å². The van der Waals surface area contributed by atoms with Crippen molar-refractivity contribution < 1.29 is 23.9 Å². The van der Waals surface area contributed by atoms with Gasteiger partial charge in [0.2, 0.25) is 5.91 Å². The molecule has 0 bridgehead atoms. The SMILES string of the molecule is COC(=O)Cc1cc(=O)[nH]c(SCC(=O)N[C@H](Cc2ccccc2)C(=O)OC)n1. The number of nitrogens with zero attached hydrogens (tertiary/aromatic N) is 1. The van der Waals surface area contributed by atoms with Crippen LogP contribution in [0.25, 0.3) is 0 Å². The van der Waals surface area contributed by atoms with Gasteiger partial charge in [-0.15, -0.1) is 0 Å². The molecule has 0 aliphatic rings. The molecule has 0 aliphatic carbocycles. The van der Waals surface area contributed by atoms with E-state index in [-0.39, 0.29) is 29.4 Å². The number of esters is 2. The molecule has 2 aromatic rings. The molecule has 1 heterocycles. The van der Waals surface area contributed by atoms with E-state index in [1.165, 1.54) is 20.3 Å². The number of methoxy groups -OCH3 is 2. The van der Waals surface area contributed by atoms with Gasteiger partial charge in [0.15, 0.2) is 5.16 Å². The van der Waals surface area contributed by atoms with Crippen molar-refractivity contribution in [2.75, 3.05) is 20.0 Å². The molecule has 0 fully saturated rings. The van der Waals surface area contributed by atoms with Crippen molar-refractivity contribution >= 4 is 29.6 Å². The Kier molecular flexibility index (Phi) is 8.41. The highest BCUT2D eigenvalue weighted by Crippen LogP contribution is 2.12. The van der Waals surface area contributed by atoms with Gasteiger partial charge >= 0.3 is 11.9 Å². The van der Waals surface area contributed by atoms with Crippen molar-refractivity contribution in [3.05, 3.63) is 58.0 Å². The number of benzene rings is 1. The van der Waals surface area contributed by atoms with E-state index in [0.29, 0.717) is 0 Å². The average Bonchev–Trinajstić information content (AvgIpc) is 2.71. The van der Waals surface area contributed by atoms with Crippen LogP contribution in [-0.4, -0.2) is 53.8 Å². The standard InChI is InChI=1S/C19H21N3O6S/c1-27-17(25)10-13-9-15(23)22-19(20-13)29-11-16(24)21-14(18(26)28-2)8-12-6-4-3-5-7-12/h3-7,9,14H,8,10-11H2,1-2H3,(H,21,24)(H,20,22,23)/t14-/m1/s1. The molecule has 1 atom stereocenters. The molecule has 0 radical (unpaired) electrons. The van der Waals surface area contributed by atoms with Crippen molar-refractivity contribution in [2.24, 2.45) is 0 Å². The maximum atomic E-state index is 12.3. The lowest BCUT2D eigenvalue weighted by Gasteiger charge is -2.16. The van der Waals surface area contributed by atoms with Gasteiger partial charge in [-0.25, -0.2) is 9.78 Å². The maximum absolute atomic E-state index is 12.3. The van der Waals surface area contributed by atoms with Gasteiger partial charge in [0.25, 0.3) is 5.56 Å². The lowest BCUT2D eigenvalue weighted by molar-refractivity contribution is -0.144. The summed E-state index contributed by atoms with van der Waals surface area (Å²) in [5.41, 5.74) is 0.663. The first-order valence-electron chi connectivity index (χ1n) is 8.62. The first kappa shape index (κ1) is 22.2. The number of thioether (sulfide) groups is 1. The van der Waals surface area contributed by atoms with Crippen LogP contribution in [0.4, 0.5) is 0 Å². The first-order chi connectivity index (χ1) is 13.9. The highest BCUT2D eigenvalue weighted by atomic mass is 32.2. The fourth-order valence-electron chi connectivity index (χ4n) is 2.42. The fraction of sp³-hybridized carbons (Fsp3) is 0.316. The zero-order valence-corrected chi connectivity index (χ0v) is 16.8. The summed E-state index contributed by atoms with van der Waals surface area (Å²) in [5, 5.41) is 2.81. The molecule has 0 aliphatic heterocycles. The van der Waals surface area contributed by atoms with Gasteiger partial charge in [0, 0.05) is 12.5 Å². The summed E-state index contributed by atoms with van der Waals surface area (Å²) in [7, 11) is 2.49.